The molecule has 1 aromatic heterocycles. The maximum Gasteiger partial charge on any atom is 0.354 e. The fourth-order valence-electron chi connectivity index (χ4n) is 2.52. The molecule has 1 amide bonds. The minimum Gasteiger partial charge on any atom is -0.477 e. The molecule has 2 rings (SSSR count). The summed E-state index contributed by atoms with van der Waals surface area (Å²) in [4.78, 5) is 27.9. The van der Waals surface area contributed by atoms with Crippen LogP contribution in [0.5, 0.6) is 0 Å². The zero-order valence-corrected chi connectivity index (χ0v) is 11.3. The molecule has 0 radical (unpaired) electrons. The monoisotopic (exact) mass is 277 g/mol. The van der Waals surface area contributed by atoms with Gasteiger partial charge in [0.1, 0.15) is 5.82 Å². The Kier molecular flexibility index (Phi) is 4.55. The van der Waals surface area contributed by atoms with Gasteiger partial charge in [0.05, 0.1) is 0 Å². The molecule has 6 heteroatoms. The largest absolute Gasteiger partial charge is 0.477 e. The molecule has 1 aromatic rings. The lowest BCUT2D eigenvalue weighted by Gasteiger charge is -2.32. The first-order valence-electron chi connectivity index (χ1n) is 6.80. The number of nitrogens with two attached hydrogens (primary N) is 1. The summed E-state index contributed by atoms with van der Waals surface area (Å²) in [5.41, 5.74) is 5.23. The van der Waals surface area contributed by atoms with Gasteiger partial charge in [-0.15, -0.1) is 0 Å². The Balaban J connectivity index is 1.92. The summed E-state index contributed by atoms with van der Waals surface area (Å²) in [6.45, 7) is 1.67. The first-order valence-corrected chi connectivity index (χ1v) is 6.80. The summed E-state index contributed by atoms with van der Waals surface area (Å²) in [6, 6.07) is 5.03. The zero-order valence-electron chi connectivity index (χ0n) is 11.3. The van der Waals surface area contributed by atoms with Gasteiger partial charge in [0, 0.05) is 19.5 Å². The van der Waals surface area contributed by atoms with Crippen molar-refractivity contribution in [3.05, 3.63) is 23.9 Å². The molecule has 0 bridgehead atoms. The number of rotatable bonds is 5. The Morgan fingerprint density at radius 3 is 2.65 bits per heavy atom. The molecule has 6 nitrogen and oxygen atoms in total. The van der Waals surface area contributed by atoms with Crippen molar-refractivity contribution in [2.75, 3.05) is 18.0 Å². The first-order chi connectivity index (χ1) is 9.56. The molecular formula is C14H19N3O3. The number of nitrogens with zero attached hydrogens (tertiary/aromatic N) is 2. The number of hydrogen-bond acceptors (Lipinski definition) is 4. The van der Waals surface area contributed by atoms with Crippen LogP contribution in [-0.2, 0) is 4.79 Å². The highest BCUT2D eigenvalue weighted by atomic mass is 16.4. The maximum absolute atomic E-state index is 10.9. The van der Waals surface area contributed by atoms with E-state index >= 15 is 0 Å². The van der Waals surface area contributed by atoms with Crippen molar-refractivity contribution in [3.8, 4) is 0 Å². The molecule has 0 saturated carbocycles. The number of anilines is 1. The molecule has 1 saturated heterocycles. The van der Waals surface area contributed by atoms with Crippen LogP contribution in [0.2, 0.25) is 0 Å². The highest BCUT2D eigenvalue weighted by molar-refractivity contribution is 5.85. The third-order valence-corrected chi connectivity index (χ3v) is 3.69. The fraction of sp³-hybridized carbons (Fsp3) is 0.500. The number of aromatic nitrogens is 1. The third kappa shape index (κ3) is 3.69. The molecule has 2 heterocycles. The number of primary amides is 1. The van der Waals surface area contributed by atoms with E-state index in [-0.39, 0.29) is 11.6 Å². The zero-order chi connectivity index (χ0) is 14.5. The van der Waals surface area contributed by atoms with E-state index in [4.69, 9.17) is 10.8 Å². The molecule has 1 aliphatic rings. The fourth-order valence-corrected chi connectivity index (χ4v) is 2.52. The number of amides is 1. The van der Waals surface area contributed by atoms with Gasteiger partial charge in [0.25, 0.3) is 0 Å². The molecule has 1 fully saturated rings. The number of carboxylic acid groups (broad SMARTS) is 1. The van der Waals surface area contributed by atoms with Crippen LogP contribution in [0.4, 0.5) is 5.82 Å². The predicted molar refractivity (Wildman–Crippen MR) is 74.6 cm³/mol. The van der Waals surface area contributed by atoms with Crippen LogP contribution in [0.15, 0.2) is 18.2 Å². The molecule has 0 aliphatic carbocycles. The lowest BCUT2D eigenvalue weighted by molar-refractivity contribution is -0.118. The second-order valence-electron chi connectivity index (χ2n) is 5.12. The van der Waals surface area contributed by atoms with Crippen molar-refractivity contribution in [1.29, 1.82) is 0 Å². The SMILES string of the molecule is NC(=O)CCC1CCN(c2cccc(C(=O)O)n2)CC1. The van der Waals surface area contributed by atoms with E-state index in [1.807, 2.05) is 6.07 Å². The van der Waals surface area contributed by atoms with Crippen LogP contribution in [0.25, 0.3) is 0 Å². The van der Waals surface area contributed by atoms with Crippen molar-refractivity contribution >= 4 is 17.7 Å². The van der Waals surface area contributed by atoms with Crippen LogP contribution in [0, 0.1) is 5.92 Å². The van der Waals surface area contributed by atoms with Gasteiger partial charge in [0.2, 0.25) is 5.91 Å². The molecule has 108 valence electrons. The summed E-state index contributed by atoms with van der Waals surface area (Å²) < 4.78 is 0. The third-order valence-electron chi connectivity index (χ3n) is 3.69. The number of carbonyl (C=O) groups is 2. The minimum atomic E-state index is -1.01. The molecule has 0 aromatic carbocycles. The van der Waals surface area contributed by atoms with Crippen molar-refractivity contribution in [2.24, 2.45) is 11.7 Å². The van der Waals surface area contributed by atoms with Crippen LogP contribution >= 0.6 is 0 Å². The van der Waals surface area contributed by atoms with Gasteiger partial charge in [-0.1, -0.05) is 6.07 Å². The number of carbonyl (C=O) groups excluding carboxylic acids is 1. The van der Waals surface area contributed by atoms with Gasteiger partial charge < -0.3 is 15.7 Å². The topological polar surface area (TPSA) is 96.5 Å². The maximum atomic E-state index is 10.9. The molecule has 0 spiro atoms. The summed E-state index contributed by atoms with van der Waals surface area (Å²) in [7, 11) is 0. The van der Waals surface area contributed by atoms with E-state index in [9.17, 15) is 9.59 Å². The van der Waals surface area contributed by atoms with Crippen LogP contribution in [-0.4, -0.2) is 35.1 Å². The quantitative estimate of drug-likeness (QED) is 0.844. The Morgan fingerprint density at radius 2 is 2.05 bits per heavy atom. The average Bonchev–Trinajstić information content (AvgIpc) is 2.46. The Bertz CT molecular complexity index is 496. The van der Waals surface area contributed by atoms with Crippen molar-refractivity contribution < 1.29 is 14.7 Å². The average molecular weight is 277 g/mol. The lowest BCUT2D eigenvalue weighted by atomic mass is 9.92. The van der Waals surface area contributed by atoms with E-state index in [0.717, 1.165) is 32.4 Å². The van der Waals surface area contributed by atoms with Gasteiger partial charge in [-0.25, -0.2) is 9.78 Å². The van der Waals surface area contributed by atoms with E-state index in [0.29, 0.717) is 18.2 Å². The normalized spacial score (nSPS) is 16.1. The summed E-state index contributed by atoms with van der Waals surface area (Å²) in [5, 5.41) is 8.95. The molecule has 20 heavy (non-hydrogen) atoms. The van der Waals surface area contributed by atoms with E-state index in [2.05, 4.69) is 9.88 Å². The van der Waals surface area contributed by atoms with E-state index < -0.39 is 5.97 Å². The van der Waals surface area contributed by atoms with Gasteiger partial charge in [-0.05, 0) is 37.3 Å². The minimum absolute atomic E-state index is 0.0679. The smallest absolute Gasteiger partial charge is 0.354 e. The lowest BCUT2D eigenvalue weighted by Crippen LogP contribution is -2.34. The van der Waals surface area contributed by atoms with Gasteiger partial charge in [0.15, 0.2) is 5.69 Å². The van der Waals surface area contributed by atoms with Crippen molar-refractivity contribution in [3.63, 3.8) is 0 Å². The van der Waals surface area contributed by atoms with Gasteiger partial charge in [-0.2, -0.15) is 0 Å². The predicted octanol–water partition coefficient (Wildman–Crippen LogP) is 1.26. The van der Waals surface area contributed by atoms with Crippen molar-refractivity contribution in [2.45, 2.75) is 25.7 Å². The van der Waals surface area contributed by atoms with E-state index in [1.54, 1.807) is 6.07 Å². The van der Waals surface area contributed by atoms with Crippen LogP contribution < -0.4 is 10.6 Å². The number of carboxylic acids is 1. The number of hydrogen-bond donors (Lipinski definition) is 2. The second kappa shape index (κ2) is 6.36. The van der Waals surface area contributed by atoms with Crippen molar-refractivity contribution in [1.82, 2.24) is 4.98 Å². The summed E-state index contributed by atoms with van der Waals surface area (Å²) >= 11 is 0. The molecular weight excluding hydrogens is 258 g/mol. The number of piperidine rings is 1. The van der Waals surface area contributed by atoms with Gasteiger partial charge >= 0.3 is 5.97 Å². The molecule has 0 unspecified atom stereocenters. The number of aromatic carboxylic acids is 1. The number of pyridine rings is 1. The Hall–Kier alpha value is -2.11. The summed E-state index contributed by atoms with van der Waals surface area (Å²) in [5.74, 6) is -0.0360. The van der Waals surface area contributed by atoms with Crippen LogP contribution in [0.1, 0.15) is 36.2 Å². The second-order valence-corrected chi connectivity index (χ2v) is 5.12. The highest BCUT2D eigenvalue weighted by Crippen LogP contribution is 2.25. The molecule has 0 atom stereocenters. The van der Waals surface area contributed by atoms with Crippen LogP contribution in [0.3, 0.4) is 0 Å². The first kappa shape index (κ1) is 14.3. The Morgan fingerprint density at radius 1 is 1.35 bits per heavy atom. The molecule has 3 N–H and O–H groups in total. The Labute approximate surface area is 117 Å². The van der Waals surface area contributed by atoms with E-state index in [1.165, 1.54) is 6.07 Å². The standard InChI is InChI=1S/C14H19N3O3/c15-12(18)5-4-10-6-8-17(9-7-10)13-3-1-2-11(16-13)14(19)20/h1-3,10H,4-9H2,(H2,15,18)(H,19,20). The summed E-state index contributed by atoms with van der Waals surface area (Å²) in [6.07, 6.45) is 3.24. The molecule has 1 aliphatic heterocycles. The van der Waals surface area contributed by atoms with Gasteiger partial charge in [-0.3, -0.25) is 4.79 Å². The highest BCUT2D eigenvalue weighted by Gasteiger charge is 2.21.